The molecule has 0 aliphatic carbocycles. The molecule has 5 rings (SSSR count). The molecule has 33 heavy (non-hydrogen) atoms. The number of hydrogen-bond acceptors (Lipinski definition) is 3. The van der Waals surface area contributed by atoms with Gasteiger partial charge in [0.25, 0.3) is 5.91 Å². The summed E-state index contributed by atoms with van der Waals surface area (Å²) in [5.74, 6) is 0.0816. The zero-order valence-corrected chi connectivity index (χ0v) is 21.1. The van der Waals surface area contributed by atoms with E-state index in [0.29, 0.717) is 13.1 Å². The lowest BCUT2D eigenvalue weighted by atomic mass is 10.0. The number of aromatic nitrogens is 2. The zero-order valence-electron chi connectivity index (χ0n) is 17.9. The van der Waals surface area contributed by atoms with Gasteiger partial charge < -0.3 is 14.8 Å². The minimum Gasteiger partial charge on any atom is -0.369 e. The molecular formula is C25H25BrCl2N4O. The van der Waals surface area contributed by atoms with Gasteiger partial charge in [-0.25, -0.2) is 4.98 Å². The predicted molar refractivity (Wildman–Crippen MR) is 142 cm³/mol. The average Bonchev–Trinajstić information content (AvgIpc) is 3.25. The number of imidazole rings is 1. The van der Waals surface area contributed by atoms with Crippen LogP contribution in [-0.4, -0.2) is 40.4 Å². The summed E-state index contributed by atoms with van der Waals surface area (Å²) in [6.07, 6.45) is 4.47. The third-order valence-electron chi connectivity index (χ3n) is 5.90. The third kappa shape index (κ3) is 5.35. The number of fused-ring (bicyclic) bond motifs is 2. The van der Waals surface area contributed by atoms with Crippen LogP contribution < -0.4 is 4.90 Å². The molecule has 0 spiro atoms. The number of anilines is 1. The maximum atomic E-state index is 13.6. The molecule has 8 heteroatoms. The number of halogens is 3. The number of H-pyrrole nitrogens is 1. The van der Waals surface area contributed by atoms with E-state index in [0.717, 1.165) is 51.6 Å². The molecule has 2 heterocycles. The van der Waals surface area contributed by atoms with Crippen molar-refractivity contribution < 1.29 is 4.79 Å². The molecular weight excluding hydrogens is 523 g/mol. The second-order valence-corrected chi connectivity index (χ2v) is 8.76. The number of carbonyl (C=O) groups is 1. The van der Waals surface area contributed by atoms with Crippen molar-refractivity contribution >= 4 is 63.1 Å². The van der Waals surface area contributed by atoms with Crippen LogP contribution in [-0.2, 0) is 13.0 Å². The minimum atomic E-state index is 0. The van der Waals surface area contributed by atoms with Gasteiger partial charge in [-0.2, -0.15) is 0 Å². The van der Waals surface area contributed by atoms with E-state index in [2.05, 4.69) is 61.1 Å². The molecule has 0 radical (unpaired) electrons. The Labute approximate surface area is 214 Å². The van der Waals surface area contributed by atoms with Crippen LogP contribution >= 0.6 is 40.7 Å². The van der Waals surface area contributed by atoms with Gasteiger partial charge in [-0.1, -0.05) is 52.3 Å². The second kappa shape index (κ2) is 11.1. The van der Waals surface area contributed by atoms with Gasteiger partial charge in [0.15, 0.2) is 0 Å². The quantitative estimate of drug-likeness (QED) is 0.347. The Balaban J connectivity index is 0.00000153. The van der Waals surface area contributed by atoms with Crippen molar-refractivity contribution in [3.8, 4) is 0 Å². The van der Waals surface area contributed by atoms with Crippen LogP contribution in [0.15, 0.2) is 77.7 Å². The van der Waals surface area contributed by atoms with E-state index >= 15 is 0 Å². The average molecular weight is 548 g/mol. The zero-order chi connectivity index (χ0) is 21.2. The van der Waals surface area contributed by atoms with Gasteiger partial charge in [0.2, 0.25) is 0 Å². The molecule has 3 aromatic carbocycles. The largest absolute Gasteiger partial charge is 0.369 e. The molecule has 172 valence electrons. The van der Waals surface area contributed by atoms with Crippen molar-refractivity contribution in [2.24, 2.45) is 0 Å². The van der Waals surface area contributed by atoms with E-state index in [-0.39, 0.29) is 30.7 Å². The number of benzene rings is 3. The van der Waals surface area contributed by atoms with Crippen LogP contribution in [0.25, 0.3) is 10.8 Å². The number of rotatable bonds is 4. The summed E-state index contributed by atoms with van der Waals surface area (Å²) in [5.41, 5.74) is 4.23. The highest BCUT2D eigenvalue weighted by Crippen LogP contribution is 2.30. The first kappa shape index (κ1) is 25.1. The fourth-order valence-electron chi connectivity index (χ4n) is 4.30. The van der Waals surface area contributed by atoms with Crippen LogP contribution in [0, 0.1) is 0 Å². The van der Waals surface area contributed by atoms with E-state index < -0.39 is 0 Å². The Morgan fingerprint density at radius 1 is 1.03 bits per heavy atom. The highest BCUT2D eigenvalue weighted by molar-refractivity contribution is 9.10. The topological polar surface area (TPSA) is 52.2 Å². The summed E-state index contributed by atoms with van der Waals surface area (Å²) in [6, 6.07) is 20.4. The number of nitrogens with one attached hydrogen (secondary N) is 1. The highest BCUT2D eigenvalue weighted by Gasteiger charge is 2.25. The molecule has 1 aliphatic rings. The first-order chi connectivity index (χ1) is 15.2. The normalized spacial score (nSPS) is 13.0. The van der Waals surface area contributed by atoms with Gasteiger partial charge in [-0.3, -0.25) is 4.79 Å². The molecule has 0 fully saturated rings. The Hall–Kier alpha value is -2.54. The van der Waals surface area contributed by atoms with Crippen LogP contribution in [0.3, 0.4) is 0 Å². The van der Waals surface area contributed by atoms with Crippen LogP contribution in [0.2, 0.25) is 0 Å². The van der Waals surface area contributed by atoms with Crippen molar-refractivity contribution in [3.05, 3.63) is 94.5 Å². The number of nitrogens with zero attached hydrogens (tertiary/aromatic N) is 3. The fourth-order valence-corrected chi connectivity index (χ4v) is 4.71. The Morgan fingerprint density at radius 2 is 1.85 bits per heavy atom. The summed E-state index contributed by atoms with van der Waals surface area (Å²) in [7, 11) is 0. The fraction of sp³-hybridized carbons (Fsp3) is 0.200. The monoisotopic (exact) mass is 546 g/mol. The second-order valence-electron chi connectivity index (χ2n) is 7.84. The standard InChI is InChI=1S/C25H23BrN4O.2ClH/c26-20-8-9-24-19(14-20)16-30(13-12-29(24)11-10-21-15-27-17-28-21)25(31)23-7-3-5-18-4-1-2-6-22(18)23;;/h1-9,14-15,17H,10-13,16H2,(H,27,28);2*1H. The van der Waals surface area contributed by atoms with E-state index in [4.69, 9.17) is 0 Å². The maximum absolute atomic E-state index is 13.6. The summed E-state index contributed by atoms with van der Waals surface area (Å²) in [5, 5.41) is 2.09. The van der Waals surface area contributed by atoms with E-state index in [1.165, 1.54) is 5.69 Å². The summed E-state index contributed by atoms with van der Waals surface area (Å²) in [6.45, 7) is 2.93. The number of amides is 1. The van der Waals surface area contributed by atoms with Crippen LogP contribution in [0.5, 0.6) is 0 Å². The molecule has 0 atom stereocenters. The van der Waals surface area contributed by atoms with Crippen LogP contribution in [0.4, 0.5) is 5.69 Å². The van der Waals surface area contributed by atoms with Crippen molar-refractivity contribution in [1.29, 1.82) is 0 Å². The number of carbonyl (C=O) groups excluding carboxylic acids is 1. The van der Waals surface area contributed by atoms with Gasteiger partial charge in [-0.15, -0.1) is 24.8 Å². The molecule has 1 aromatic heterocycles. The lowest BCUT2D eigenvalue weighted by molar-refractivity contribution is 0.0753. The van der Waals surface area contributed by atoms with Crippen molar-refractivity contribution in [3.63, 3.8) is 0 Å². The smallest absolute Gasteiger partial charge is 0.254 e. The van der Waals surface area contributed by atoms with Gasteiger partial charge in [-0.05, 0) is 40.6 Å². The maximum Gasteiger partial charge on any atom is 0.254 e. The summed E-state index contributed by atoms with van der Waals surface area (Å²) in [4.78, 5) is 25.2. The SMILES string of the molecule is Cl.Cl.O=C(c1cccc2ccccc12)N1CCN(CCc2cnc[nH]2)c2ccc(Br)cc2C1. The van der Waals surface area contributed by atoms with Crippen LogP contribution in [0.1, 0.15) is 21.6 Å². The molecule has 0 saturated heterocycles. The van der Waals surface area contributed by atoms with Crippen molar-refractivity contribution in [2.75, 3.05) is 24.5 Å². The first-order valence-electron chi connectivity index (χ1n) is 10.5. The van der Waals surface area contributed by atoms with Gasteiger partial charge in [0.1, 0.15) is 0 Å². The summed E-state index contributed by atoms with van der Waals surface area (Å²) >= 11 is 3.61. The van der Waals surface area contributed by atoms with Gasteiger partial charge in [0, 0.05) is 60.2 Å². The number of hydrogen-bond donors (Lipinski definition) is 1. The van der Waals surface area contributed by atoms with Gasteiger partial charge in [0.05, 0.1) is 6.33 Å². The number of aromatic amines is 1. The Bertz CT molecular complexity index is 1230. The summed E-state index contributed by atoms with van der Waals surface area (Å²) < 4.78 is 1.03. The van der Waals surface area contributed by atoms with E-state index in [1.54, 1.807) is 6.33 Å². The Kier molecular flexibility index (Phi) is 8.40. The molecule has 0 bridgehead atoms. The van der Waals surface area contributed by atoms with Gasteiger partial charge >= 0.3 is 0 Å². The predicted octanol–water partition coefficient (Wildman–Crippen LogP) is 5.87. The molecule has 0 unspecified atom stereocenters. The molecule has 1 aliphatic heterocycles. The first-order valence-corrected chi connectivity index (χ1v) is 11.3. The molecule has 0 saturated carbocycles. The van der Waals surface area contributed by atoms with Crippen molar-refractivity contribution in [2.45, 2.75) is 13.0 Å². The lowest BCUT2D eigenvalue weighted by Gasteiger charge is -2.25. The lowest BCUT2D eigenvalue weighted by Crippen LogP contribution is -2.36. The van der Waals surface area contributed by atoms with E-state index in [9.17, 15) is 4.79 Å². The molecule has 4 aromatic rings. The van der Waals surface area contributed by atoms with Crippen molar-refractivity contribution in [1.82, 2.24) is 14.9 Å². The molecule has 1 amide bonds. The van der Waals surface area contributed by atoms with E-state index in [1.807, 2.05) is 41.4 Å². The molecule has 5 nitrogen and oxygen atoms in total. The Morgan fingerprint density at radius 3 is 2.67 bits per heavy atom. The third-order valence-corrected chi connectivity index (χ3v) is 6.39. The highest BCUT2D eigenvalue weighted by atomic mass is 79.9. The minimum absolute atomic E-state index is 0. The molecule has 1 N–H and O–H groups in total.